The number of nitrogens with one attached hydrogen (secondary N) is 1. The van der Waals surface area contributed by atoms with Crippen LogP contribution in [0.15, 0.2) is 48.5 Å². The van der Waals surface area contributed by atoms with Gasteiger partial charge in [0.2, 0.25) is 0 Å². The lowest BCUT2D eigenvalue weighted by Crippen LogP contribution is -2.14. The number of hydrogen-bond donors (Lipinski definition) is 1. The smallest absolute Gasteiger partial charge is 0.255 e. The summed E-state index contributed by atoms with van der Waals surface area (Å²) in [5.74, 6) is 1.58. The number of ether oxygens (including phenoxy) is 1. The van der Waals surface area contributed by atoms with E-state index in [0.717, 1.165) is 17.9 Å². The maximum absolute atomic E-state index is 12.5. The number of hydrogen-bond acceptors (Lipinski definition) is 2. The predicted molar refractivity (Wildman–Crippen MR) is 99.9 cm³/mol. The number of para-hydroxylation sites is 1. The fraction of sp³-hybridized carbons (Fsp3) is 0.381. The zero-order valence-corrected chi connectivity index (χ0v) is 15.0. The lowest BCUT2D eigenvalue weighted by Gasteiger charge is -2.15. The Morgan fingerprint density at radius 2 is 1.71 bits per heavy atom. The highest BCUT2D eigenvalue weighted by molar-refractivity contribution is 6.04. The van der Waals surface area contributed by atoms with Gasteiger partial charge < -0.3 is 10.1 Å². The summed E-state index contributed by atoms with van der Waals surface area (Å²) in [5, 5.41) is 3.03. The third kappa shape index (κ3) is 4.85. The van der Waals surface area contributed by atoms with E-state index < -0.39 is 0 Å². The second kappa shape index (κ2) is 8.53. The summed E-state index contributed by atoms with van der Waals surface area (Å²) in [6.45, 7) is 9.21. The molecule has 0 aliphatic carbocycles. The summed E-state index contributed by atoms with van der Waals surface area (Å²) < 4.78 is 5.65. The molecular formula is C21H27NO2. The van der Waals surface area contributed by atoms with Crippen LogP contribution in [-0.2, 0) is 0 Å². The largest absolute Gasteiger partial charge is 0.493 e. The van der Waals surface area contributed by atoms with Crippen molar-refractivity contribution in [2.45, 2.75) is 40.0 Å². The van der Waals surface area contributed by atoms with Gasteiger partial charge in [0.05, 0.1) is 6.61 Å². The summed E-state index contributed by atoms with van der Waals surface area (Å²) in [5.41, 5.74) is 2.69. The van der Waals surface area contributed by atoms with Crippen molar-refractivity contribution in [1.29, 1.82) is 0 Å². The van der Waals surface area contributed by atoms with E-state index >= 15 is 0 Å². The van der Waals surface area contributed by atoms with E-state index in [9.17, 15) is 4.79 Å². The maximum atomic E-state index is 12.5. The molecule has 0 heterocycles. The Balaban J connectivity index is 2.08. The van der Waals surface area contributed by atoms with Crippen LogP contribution in [0.25, 0.3) is 0 Å². The van der Waals surface area contributed by atoms with Crippen molar-refractivity contribution in [1.82, 2.24) is 0 Å². The fourth-order valence-corrected chi connectivity index (χ4v) is 2.42. The van der Waals surface area contributed by atoms with Crippen molar-refractivity contribution in [3.63, 3.8) is 0 Å². The third-order valence-corrected chi connectivity index (χ3v) is 4.05. The van der Waals surface area contributed by atoms with Crippen LogP contribution in [-0.4, -0.2) is 12.5 Å². The summed E-state index contributed by atoms with van der Waals surface area (Å²) in [7, 11) is 0. The van der Waals surface area contributed by atoms with Crippen molar-refractivity contribution in [2.24, 2.45) is 5.92 Å². The summed E-state index contributed by atoms with van der Waals surface area (Å²) >= 11 is 0. The molecule has 0 spiro atoms. The van der Waals surface area contributed by atoms with Gasteiger partial charge in [-0.05, 0) is 54.2 Å². The van der Waals surface area contributed by atoms with Gasteiger partial charge in [0.25, 0.3) is 5.91 Å². The molecule has 3 nitrogen and oxygen atoms in total. The molecule has 0 fully saturated rings. The standard InChI is InChI=1S/C21H27NO2/c1-5-16(4)19-8-6-7-9-20(19)22-21(23)17-10-12-18(13-11-17)24-14-15(2)3/h6-13,15-16H,5,14H2,1-4H3,(H,22,23). The van der Waals surface area contributed by atoms with Gasteiger partial charge >= 0.3 is 0 Å². The minimum Gasteiger partial charge on any atom is -0.493 e. The van der Waals surface area contributed by atoms with E-state index in [0.29, 0.717) is 24.0 Å². The van der Waals surface area contributed by atoms with Crippen LogP contribution >= 0.6 is 0 Å². The molecule has 2 aromatic carbocycles. The maximum Gasteiger partial charge on any atom is 0.255 e. The number of carbonyl (C=O) groups is 1. The molecule has 2 rings (SSSR count). The lowest BCUT2D eigenvalue weighted by atomic mass is 9.97. The highest BCUT2D eigenvalue weighted by atomic mass is 16.5. The molecule has 2 aromatic rings. The van der Waals surface area contributed by atoms with Gasteiger partial charge in [0.15, 0.2) is 0 Å². The minimum absolute atomic E-state index is 0.0961. The molecule has 1 N–H and O–H groups in total. The first-order valence-electron chi connectivity index (χ1n) is 8.64. The van der Waals surface area contributed by atoms with Gasteiger partial charge in [-0.3, -0.25) is 4.79 Å². The zero-order chi connectivity index (χ0) is 17.5. The topological polar surface area (TPSA) is 38.3 Å². The molecule has 0 aliphatic heterocycles. The van der Waals surface area contributed by atoms with E-state index in [1.54, 1.807) is 12.1 Å². The minimum atomic E-state index is -0.0961. The molecule has 1 unspecified atom stereocenters. The number of rotatable bonds is 7. The monoisotopic (exact) mass is 325 g/mol. The fourth-order valence-electron chi connectivity index (χ4n) is 2.42. The summed E-state index contributed by atoms with van der Waals surface area (Å²) in [6, 6.07) is 15.3. The quantitative estimate of drug-likeness (QED) is 0.731. The van der Waals surface area contributed by atoms with Crippen molar-refractivity contribution in [3.05, 3.63) is 59.7 Å². The molecule has 1 amide bonds. The molecule has 24 heavy (non-hydrogen) atoms. The van der Waals surface area contributed by atoms with Crippen molar-refractivity contribution in [3.8, 4) is 5.75 Å². The molecule has 128 valence electrons. The van der Waals surface area contributed by atoms with Crippen LogP contribution in [0.2, 0.25) is 0 Å². The Hall–Kier alpha value is -2.29. The molecule has 0 saturated heterocycles. The van der Waals surface area contributed by atoms with Crippen molar-refractivity contribution < 1.29 is 9.53 Å². The molecule has 0 saturated carbocycles. The van der Waals surface area contributed by atoms with Gasteiger partial charge in [-0.25, -0.2) is 0 Å². The average molecular weight is 325 g/mol. The van der Waals surface area contributed by atoms with Gasteiger partial charge in [0, 0.05) is 11.3 Å². The number of amides is 1. The van der Waals surface area contributed by atoms with E-state index in [-0.39, 0.29) is 5.91 Å². The molecule has 0 bridgehead atoms. The summed E-state index contributed by atoms with van der Waals surface area (Å²) in [4.78, 5) is 12.5. The van der Waals surface area contributed by atoms with Gasteiger partial charge in [-0.15, -0.1) is 0 Å². The lowest BCUT2D eigenvalue weighted by molar-refractivity contribution is 0.102. The zero-order valence-electron chi connectivity index (χ0n) is 15.0. The van der Waals surface area contributed by atoms with Crippen molar-refractivity contribution in [2.75, 3.05) is 11.9 Å². The van der Waals surface area contributed by atoms with Crippen LogP contribution in [0, 0.1) is 5.92 Å². The molecule has 3 heteroatoms. The average Bonchev–Trinajstić information content (AvgIpc) is 2.60. The highest BCUT2D eigenvalue weighted by Crippen LogP contribution is 2.27. The van der Waals surface area contributed by atoms with Crippen LogP contribution in [0.1, 0.15) is 56.0 Å². The molecule has 0 aromatic heterocycles. The number of anilines is 1. The van der Waals surface area contributed by atoms with Crippen LogP contribution in [0.4, 0.5) is 5.69 Å². The van der Waals surface area contributed by atoms with E-state index in [2.05, 4.69) is 39.1 Å². The van der Waals surface area contributed by atoms with Crippen molar-refractivity contribution >= 4 is 11.6 Å². The molecule has 1 atom stereocenters. The van der Waals surface area contributed by atoms with E-state index in [1.807, 2.05) is 30.3 Å². The Bertz CT molecular complexity index is 662. The first-order valence-corrected chi connectivity index (χ1v) is 8.64. The second-order valence-electron chi connectivity index (χ2n) is 6.58. The van der Waals surface area contributed by atoms with Crippen LogP contribution in [0.3, 0.4) is 0 Å². The third-order valence-electron chi connectivity index (χ3n) is 4.05. The van der Waals surface area contributed by atoms with E-state index in [1.165, 1.54) is 5.56 Å². The number of carbonyl (C=O) groups excluding carboxylic acids is 1. The molecule has 0 aliphatic rings. The SMILES string of the molecule is CCC(C)c1ccccc1NC(=O)c1ccc(OCC(C)C)cc1. The Morgan fingerprint density at radius 1 is 1.04 bits per heavy atom. The molecule has 0 radical (unpaired) electrons. The number of benzene rings is 2. The van der Waals surface area contributed by atoms with Gasteiger partial charge in [-0.1, -0.05) is 45.9 Å². The van der Waals surface area contributed by atoms with Crippen LogP contribution in [0.5, 0.6) is 5.75 Å². The second-order valence-corrected chi connectivity index (χ2v) is 6.58. The molecular weight excluding hydrogens is 298 g/mol. The summed E-state index contributed by atoms with van der Waals surface area (Å²) in [6.07, 6.45) is 1.04. The first kappa shape index (κ1) is 18.1. The highest BCUT2D eigenvalue weighted by Gasteiger charge is 2.12. The van der Waals surface area contributed by atoms with E-state index in [4.69, 9.17) is 4.74 Å². The van der Waals surface area contributed by atoms with Gasteiger partial charge in [-0.2, -0.15) is 0 Å². The van der Waals surface area contributed by atoms with Gasteiger partial charge in [0.1, 0.15) is 5.75 Å². The first-order chi connectivity index (χ1) is 11.5. The predicted octanol–water partition coefficient (Wildman–Crippen LogP) is 5.49. The Morgan fingerprint density at radius 3 is 2.33 bits per heavy atom. The van der Waals surface area contributed by atoms with Crippen LogP contribution < -0.4 is 10.1 Å². The normalized spacial score (nSPS) is 12.0. The Kier molecular flexibility index (Phi) is 6.42. The Labute approximate surface area is 145 Å².